The molecule has 0 saturated heterocycles. The second kappa shape index (κ2) is 6.60. The van der Waals surface area contributed by atoms with E-state index < -0.39 is 0 Å². The van der Waals surface area contributed by atoms with Crippen LogP contribution in [0.1, 0.15) is 42.5 Å². The highest BCUT2D eigenvalue weighted by Gasteiger charge is 2.24. The molecule has 0 spiro atoms. The quantitative estimate of drug-likeness (QED) is 0.758. The topological polar surface area (TPSA) is 70.7 Å². The molecule has 1 amide bonds. The van der Waals surface area contributed by atoms with Crippen LogP contribution in [0.25, 0.3) is 11.0 Å². The molecule has 2 heterocycles. The smallest absolute Gasteiger partial charge is 0.251 e. The van der Waals surface area contributed by atoms with Crippen molar-refractivity contribution in [2.45, 2.75) is 26.3 Å². The van der Waals surface area contributed by atoms with E-state index in [9.17, 15) is 4.79 Å². The zero-order chi connectivity index (χ0) is 16.2. The van der Waals surface area contributed by atoms with Crippen molar-refractivity contribution in [2.75, 3.05) is 0 Å². The fourth-order valence-corrected chi connectivity index (χ4v) is 2.56. The number of aromatic amines is 1. The normalized spacial score (nSPS) is 13.7. The van der Waals surface area contributed by atoms with E-state index in [-0.39, 0.29) is 17.9 Å². The van der Waals surface area contributed by atoms with Gasteiger partial charge in [0.05, 0.1) is 17.1 Å². The largest absolute Gasteiger partial charge is 0.342 e. The molecule has 2 N–H and O–H groups in total. The van der Waals surface area contributed by atoms with E-state index in [1.165, 1.54) is 0 Å². The van der Waals surface area contributed by atoms with Gasteiger partial charge in [-0.1, -0.05) is 32.4 Å². The Morgan fingerprint density at radius 1 is 1.22 bits per heavy atom. The van der Waals surface area contributed by atoms with Crippen molar-refractivity contribution in [1.29, 1.82) is 0 Å². The Balaban J connectivity index is 1.90. The maximum atomic E-state index is 12.5. The van der Waals surface area contributed by atoms with Crippen LogP contribution in [0, 0.1) is 5.92 Å². The Labute approximate surface area is 135 Å². The predicted octanol–water partition coefficient (Wildman–Crippen LogP) is 3.48. The number of fused-ring (bicyclic) bond motifs is 1. The summed E-state index contributed by atoms with van der Waals surface area (Å²) in [5.74, 6) is 0.947. The molecule has 0 bridgehead atoms. The molecule has 1 aromatic carbocycles. The first-order chi connectivity index (χ1) is 11.2. The molecule has 0 unspecified atom stereocenters. The molecule has 2 aromatic heterocycles. The Morgan fingerprint density at radius 3 is 2.65 bits per heavy atom. The van der Waals surface area contributed by atoms with Crippen LogP contribution in [0.5, 0.6) is 0 Å². The van der Waals surface area contributed by atoms with Crippen LogP contribution in [0.15, 0.2) is 48.8 Å². The van der Waals surface area contributed by atoms with Crippen molar-refractivity contribution in [2.24, 2.45) is 5.92 Å². The van der Waals surface area contributed by atoms with Crippen LogP contribution in [0.4, 0.5) is 0 Å². The molecular weight excluding hydrogens is 288 g/mol. The number of nitrogens with zero attached hydrogens (tertiary/aromatic N) is 2. The van der Waals surface area contributed by atoms with Crippen LogP contribution in [0.3, 0.4) is 0 Å². The summed E-state index contributed by atoms with van der Waals surface area (Å²) in [4.78, 5) is 24.4. The fourth-order valence-electron chi connectivity index (χ4n) is 2.56. The molecule has 0 aliphatic heterocycles. The summed E-state index contributed by atoms with van der Waals surface area (Å²) in [6, 6.07) is 11.1. The number of H-pyrrole nitrogens is 1. The minimum absolute atomic E-state index is 0.113. The molecule has 5 nitrogen and oxygen atoms in total. The molecule has 0 radical (unpaired) electrons. The van der Waals surface area contributed by atoms with Gasteiger partial charge in [0.25, 0.3) is 5.91 Å². The van der Waals surface area contributed by atoms with Gasteiger partial charge in [-0.15, -0.1) is 0 Å². The third-order valence-corrected chi connectivity index (χ3v) is 4.14. The highest BCUT2D eigenvalue weighted by atomic mass is 16.1. The summed E-state index contributed by atoms with van der Waals surface area (Å²) in [6.07, 6.45) is 4.18. The molecule has 3 aromatic rings. The summed E-state index contributed by atoms with van der Waals surface area (Å²) >= 11 is 0. The Morgan fingerprint density at radius 2 is 1.96 bits per heavy atom. The lowest BCUT2D eigenvalue weighted by Gasteiger charge is -2.22. The van der Waals surface area contributed by atoms with E-state index >= 15 is 0 Å². The molecule has 3 rings (SSSR count). The van der Waals surface area contributed by atoms with E-state index in [4.69, 9.17) is 0 Å². The van der Waals surface area contributed by atoms with E-state index in [0.29, 0.717) is 5.56 Å². The van der Waals surface area contributed by atoms with Crippen LogP contribution in [-0.4, -0.2) is 20.9 Å². The molecule has 118 valence electrons. The number of rotatable bonds is 5. The van der Waals surface area contributed by atoms with Gasteiger partial charge in [0.15, 0.2) is 0 Å². The van der Waals surface area contributed by atoms with Crippen LogP contribution < -0.4 is 5.32 Å². The standard InChI is InChI=1S/C18H20N4O/c1-3-12(2)16(22-18(23)13-8-10-19-11-9-13)17-20-14-6-4-5-7-15(14)21-17/h4-12,16H,3H2,1-2H3,(H,20,21)(H,22,23)/t12-,16+/m0/s1. The van der Waals surface area contributed by atoms with Gasteiger partial charge in [-0.05, 0) is 30.2 Å². The number of para-hydroxylation sites is 2. The molecule has 0 aliphatic carbocycles. The zero-order valence-electron chi connectivity index (χ0n) is 13.3. The third-order valence-electron chi connectivity index (χ3n) is 4.14. The van der Waals surface area contributed by atoms with Crippen molar-refractivity contribution in [3.63, 3.8) is 0 Å². The van der Waals surface area contributed by atoms with E-state index in [2.05, 4.69) is 34.1 Å². The predicted molar refractivity (Wildman–Crippen MR) is 90.0 cm³/mol. The second-order valence-electron chi connectivity index (χ2n) is 5.71. The molecule has 2 atom stereocenters. The number of pyridine rings is 1. The number of aromatic nitrogens is 3. The van der Waals surface area contributed by atoms with Gasteiger partial charge in [0, 0.05) is 18.0 Å². The summed E-state index contributed by atoms with van der Waals surface area (Å²) in [5, 5.41) is 3.10. The Hall–Kier alpha value is -2.69. The second-order valence-corrected chi connectivity index (χ2v) is 5.71. The minimum Gasteiger partial charge on any atom is -0.342 e. The molecule has 0 saturated carbocycles. The van der Waals surface area contributed by atoms with Crippen molar-refractivity contribution >= 4 is 16.9 Å². The molecular formula is C18H20N4O. The summed E-state index contributed by atoms with van der Waals surface area (Å²) in [5.41, 5.74) is 2.49. The number of imidazole rings is 1. The summed E-state index contributed by atoms with van der Waals surface area (Å²) in [7, 11) is 0. The highest BCUT2D eigenvalue weighted by molar-refractivity contribution is 5.94. The summed E-state index contributed by atoms with van der Waals surface area (Å²) in [6.45, 7) is 4.23. The third kappa shape index (κ3) is 3.23. The Bertz CT molecular complexity index is 764. The molecule has 0 fully saturated rings. The number of carbonyl (C=O) groups is 1. The van der Waals surface area contributed by atoms with Crippen LogP contribution >= 0.6 is 0 Å². The lowest BCUT2D eigenvalue weighted by atomic mass is 9.98. The molecule has 23 heavy (non-hydrogen) atoms. The number of benzene rings is 1. The van der Waals surface area contributed by atoms with Gasteiger partial charge in [0.2, 0.25) is 0 Å². The van der Waals surface area contributed by atoms with Crippen LogP contribution in [0.2, 0.25) is 0 Å². The average Bonchev–Trinajstić information content (AvgIpc) is 3.03. The highest BCUT2D eigenvalue weighted by Crippen LogP contribution is 2.25. The number of nitrogens with one attached hydrogen (secondary N) is 2. The van der Waals surface area contributed by atoms with E-state index in [1.807, 2.05) is 24.3 Å². The minimum atomic E-state index is -0.159. The van der Waals surface area contributed by atoms with Gasteiger partial charge in [-0.25, -0.2) is 4.98 Å². The first-order valence-corrected chi connectivity index (χ1v) is 7.84. The molecule has 0 aliphatic rings. The first kappa shape index (κ1) is 15.2. The summed E-state index contributed by atoms with van der Waals surface area (Å²) < 4.78 is 0. The molecule has 5 heteroatoms. The van der Waals surface area contributed by atoms with Gasteiger partial charge in [-0.3, -0.25) is 9.78 Å². The van der Waals surface area contributed by atoms with Crippen molar-refractivity contribution in [3.05, 3.63) is 60.2 Å². The van der Waals surface area contributed by atoms with Gasteiger partial charge >= 0.3 is 0 Å². The van der Waals surface area contributed by atoms with Gasteiger partial charge in [-0.2, -0.15) is 0 Å². The maximum Gasteiger partial charge on any atom is 0.251 e. The van der Waals surface area contributed by atoms with Crippen molar-refractivity contribution < 1.29 is 4.79 Å². The number of amides is 1. The van der Waals surface area contributed by atoms with Gasteiger partial charge in [0.1, 0.15) is 5.82 Å². The number of carbonyl (C=O) groups excluding carboxylic acids is 1. The number of hydrogen-bond acceptors (Lipinski definition) is 3. The monoisotopic (exact) mass is 308 g/mol. The lowest BCUT2D eigenvalue weighted by molar-refractivity contribution is 0.0920. The first-order valence-electron chi connectivity index (χ1n) is 7.84. The van der Waals surface area contributed by atoms with Gasteiger partial charge < -0.3 is 10.3 Å². The van der Waals surface area contributed by atoms with Crippen molar-refractivity contribution in [1.82, 2.24) is 20.3 Å². The SMILES string of the molecule is CC[C@H](C)[C@@H](NC(=O)c1ccncc1)c1nc2ccccc2[nH]1. The maximum absolute atomic E-state index is 12.5. The Kier molecular flexibility index (Phi) is 4.37. The van der Waals surface area contributed by atoms with Crippen molar-refractivity contribution in [3.8, 4) is 0 Å². The zero-order valence-corrected chi connectivity index (χ0v) is 13.3. The van der Waals surface area contributed by atoms with E-state index in [0.717, 1.165) is 23.3 Å². The average molecular weight is 308 g/mol. The lowest BCUT2D eigenvalue weighted by Crippen LogP contribution is -2.33. The fraction of sp³-hybridized carbons (Fsp3) is 0.278. The van der Waals surface area contributed by atoms with E-state index in [1.54, 1.807) is 24.5 Å². The number of hydrogen-bond donors (Lipinski definition) is 2. The van der Waals surface area contributed by atoms with Crippen LogP contribution in [-0.2, 0) is 0 Å².